The topological polar surface area (TPSA) is 9.23 Å². The molecule has 0 amide bonds. The third-order valence-corrected chi connectivity index (χ3v) is 2.90. The Hall–Kier alpha value is -2.02. The molecule has 0 atom stereocenters. The number of ether oxygens (including phenoxy) is 1. The Bertz CT molecular complexity index is 620. The SMILES string of the molecule is C=C1C=C(C)c2c(ccc3ccccc23)O1. The van der Waals surface area contributed by atoms with Crippen molar-refractivity contribution in [1.82, 2.24) is 0 Å². The quantitative estimate of drug-likeness (QED) is 0.632. The zero-order chi connectivity index (χ0) is 11.1. The molecule has 0 bridgehead atoms. The van der Waals surface area contributed by atoms with Gasteiger partial charge in [0.15, 0.2) is 0 Å². The summed E-state index contributed by atoms with van der Waals surface area (Å²) in [6, 6.07) is 12.4. The van der Waals surface area contributed by atoms with Gasteiger partial charge in [-0.3, -0.25) is 0 Å². The maximum Gasteiger partial charge on any atom is 0.135 e. The van der Waals surface area contributed by atoms with Gasteiger partial charge < -0.3 is 4.74 Å². The van der Waals surface area contributed by atoms with Crippen molar-refractivity contribution < 1.29 is 4.74 Å². The summed E-state index contributed by atoms with van der Waals surface area (Å²) >= 11 is 0. The number of hydrogen-bond acceptors (Lipinski definition) is 1. The van der Waals surface area contributed by atoms with Crippen molar-refractivity contribution in [1.29, 1.82) is 0 Å². The summed E-state index contributed by atoms with van der Waals surface area (Å²) in [7, 11) is 0. The summed E-state index contributed by atoms with van der Waals surface area (Å²) in [4.78, 5) is 0. The number of benzene rings is 2. The smallest absolute Gasteiger partial charge is 0.135 e. The Morgan fingerprint density at radius 2 is 1.88 bits per heavy atom. The second kappa shape index (κ2) is 3.24. The minimum Gasteiger partial charge on any atom is -0.457 e. The minimum atomic E-state index is 0.709. The van der Waals surface area contributed by atoms with Crippen LogP contribution in [0.1, 0.15) is 12.5 Å². The van der Waals surface area contributed by atoms with Crippen molar-refractivity contribution in [3.63, 3.8) is 0 Å². The molecule has 1 aliphatic rings. The van der Waals surface area contributed by atoms with E-state index in [-0.39, 0.29) is 0 Å². The highest BCUT2D eigenvalue weighted by Crippen LogP contribution is 2.37. The van der Waals surface area contributed by atoms with E-state index in [2.05, 4.69) is 43.8 Å². The van der Waals surface area contributed by atoms with Crippen LogP contribution in [0.15, 0.2) is 54.8 Å². The summed E-state index contributed by atoms with van der Waals surface area (Å²) in [5.41, 5.74) is 2.40. The predicted molar refractivity (Wildman–Crippen MR) is 67.4 cm³/mol. The fourth-order valence-corrected chi connectivity index (χ4v) is 2.23. The first-order valence-electron chi connectivity index (χ1n) is 5.33. The number of rotatable bonds is 0. The van der Waals surface area contributed by atoms with Gasteiger partial charge in [-0.25, -0.2) is 0 Å². The molecular formula is C15H12O. The van der Waals surface area contributed by atoms with E-state index in [4.69, 9.17) is 4.74 Å². The van der Waals surface area contributed by atoms with Crippen LogP contribution >= 0.6 is 0 Å². The van der Waals surface area contributed by atoms with Crippen LogP contribution < -0.4 is 4.74 Å². The summed E-state index contributed by atoms with van der Waals surface area (Å²) in [6.07, 6.45) is 1.98. The van der Waals surface area contributed by atoms with E-state index in [0.717, 1.165) is 5.75 Å². The van der Waals surface area contributed by atoms with Crippen molar-refractivity contribution >= 4 is 16.3 Å². The van der Waals surface area contributed by atoms with Gasteiger partial charge >= 0.3 is 0 Å². The summed E-state index contributed by atoms with van der Waals surface area (Å²) in [6.45, 7) is 5.94. The zero-order valence-corrected chi connectivity index (χ0v) is 9.16. The monoisotopic (exact) mass is 208 g/mol. The molecule has 0 aromatic heterocycles. The number of fused-ring (bicyclic) bond motifs is 3. The molecule has 0 spiro atoms. The Labute approximate surface area is 94.7 Å². The molecule has 0 fully saturated rings. The average Bonchev–Trinajstić information content (AvgIpc) is 2.28. The van der Waals surface area contributed by atoms with Gasteiger partial charge in [0.2, 0.25) is 0 Å². The van der Waals surface area contributed by atoms with Crippen LogP contribution in [-0.2, 0) is 0 Å². The first kappa shape index (κ1) is 9.22. The Morgan fingerprint density at radius 1 is 1.06 bits per heavy atom. The van der Waals surface area contributed by atoms with Crippen molar-refractivity contribution in [3.05, 3.63) is 60.4 Å². The van der Waals surface area contributed by atoms with Crippen LogP contribution in [0.5, 0.6) is 5.75 Å². The Morgan fingerprint density at radius 3 is 2.75 bits per heavy atom. The first-order valence-corrected chi connectivity index (χ1v) is 5.33. The maximum absolute atomic E-state index is 5.64. The lowest BCUT2D eigenvalue weighted by molar-refractivity contribution is 0.442. The van der Waals surface area contributed by atoms with E-state index in [1.54, 1.807) is 0 Å². The molecule has 16 heavy (non-hydrogen) atoms. The fourth-order valence-electron chi connectivity index (χ4n) is 2.23. The molecule has 0 saturated carbocycles. The molecule has 1 heteroatoms. The van der Waals surface area contributed by atoms with Gasteiger partial charge in [-0.15, -0.1) is 0 Å². The molecular weight excluding hydrogens is 196 g/mol. The van der Waals surface area contributed by atoms with Crippen LogP contribution in [0.2, 0.25) is 0 Å². The first-order chi connectivity index (χ1) is 7.75. The molecule has 0 saturated heterocycles. The van der Waals surface area contributed by atoms with Crippen LogP contribution in [0, 0.1) is 0 Å². The van der Waals surface area contributed by atoms with Crippen LogP contribution in [0.3, 0.4) is 0 Å². The van der Waals surface area contributed by atoms with Gasteiger partial charge in [0.05, 0.1) is 0 Å². The maximum atomic E-state index is 5.64. The lowest BCUT2D eigenvalue weighted by Gasteiger charge is -2.19. The van der Waals surface area contributed by atoms with Gasteiger partial charge in [-0.1, -0.05) is 36.9 Å². The molecule has 0 radical (unpaired) electrons. The number of allylic oxidation sites excluding steroid dienone is 2. The fraction of sp³-hybridized carbons (Fsp3) is 0.0667. The van der Waals surface area contributed by atoms with Crippen LogP contribution in [0.4, 0.5) is 0 Å². The molecule has 0 aliphatic carbocycles. The second-order valence-electron chi connectivity index (χ2n) is 4.06. The lowest BCUT2D eigenvalue weighted by atomic mass is 9.96. The molecule has 1 aliphatic heterocycles. The van der Waals surface area contributed by atoms with Gasteiger partial charge in [0, 0.05) is 5.56 Å². The van der Waals surface area contributed by atoms with Crippen LogP contribution in [0.25, 0.3) is 16.3 Å². The molecule has 2 aromatic carbocycles. The Balaban J connectivity index is 2.41. The highest BCUT2D eigenvalue weighted by Gasteiger charge is 2.15. The largest absolute Gasteiger partial charge is 0.457 e. The number of hydrogen-bond donors (Lipinski definition) is 0. The lowest BCUT2D eigenvalue weighted by Crippen LogP contribution is -2.01. The van der Waals surface area contributed by atoms with E-state index < -0.39 is 0 Å². The molecule has 0 N–H and O–H groups in total. The van der Waals surface area contributed by atoms with Gasteiger partial charge in [0.25, 0.3) is 0 Å². The summed E-state index contributed by atoms with van der Waals surface area (Å²) in [5.74, 6) is 1.61. The van der Waals surface area contributed by atoms with E-state index in [9.17, 15) is 0 Å². The summed E-state index contributed by atoms with van der Waals surface area (Å²) < 4.78 is 5.64. The zero-order valence-electron chi connectivity index (χ0n) is 9.16. The standard InChI is InChI=1S/C15H12O/c1-10-9-11(2)16-14-8-7-12-5-3-4-6-13(12)15(10)14/h3-9H,2H2,1H3. The van der Waals surface area contributed by atoms with Crippen molar-refractivity contribution in [2.75, 3.05) is 0 Å². The normalized spacial score (nSPS) is 14.3. The Kier molecular flexibility index (Phi) is 1.87. The third kappa shape index (κ3) is 1.25. The molecule has 0 unspecified atom stereocenters. The predicted octanol–water partition coefficient (Wildman–Crippen LogP) is 4.15. The molecule has 78 valence electrons. The van der Waals surface area contributed by atoms with E-state index >= 15 is 0 Å². The van der Waals surface area contributed by atoms with E-state index in [0.29, 0.717) is 5.76 Å². The summed E-state index contributed by atoms with van der Waals surface area (Å²) in [5, 5.41) is 2.48. The molecule has 1 nitrogen and oxygen atoms in total. The van der Waals surface area contributed by atoms with Crippen molar-refractivity contribution in [2.24, 2.45) is 0 Å². The third-order valence-electron chi connectivity index (χ3n) is 2.90. The molecule has 2 aromatic rings. The highest BCUT2D eigenvalue weighted by atomic mass is 16.5. The van der Waals surface area contributed by atoms with Gasteiger partial charge in [0.1, 0.15) is 11.5 Å². The minimum absolute atomic E-state index is 0.709. The van der Waals surface area contributed by atoms with Gasteiger partial charge in [-0.2, -0.15) is 0 Å². The molecule has 1 heterocycles. The van der Waals surface area contributed by atoms with Gasteiger partial charge in [-0.05, 0) is 35.4 Å². The van der Waals surface area contributed by atoms with Crippen molar-refractivity contribution in [2.45, 2.75) is 6.92 Å². The second-order valence-corrected chi connectivity index (χ2v) is 4.06. The van der Waals surface area contributed by atoms with E-state index in [1.165, 1.54) is 21.9 Å². The average molecular weight is 208 g/mol. The molecule has 3 rings (SSSR count). The van der Waals surface area contributed by atoms with E-state index in [1.807, 2.05) is 12.1 Å². The van der Waals surface area contributed by atoms with Crippen LogP contribution in [-0.4, -0.2) is 0 Å². The highest BCUT2D eigenvalue weighted by molar-refractivity contribution is 5.97. The van der Waals surface area contributed by atoms with Crippen molar-refractivity contribution in [3.8, 4) is 5.75 Å².